The molecule has 0 aromatic heterocycles. The van der Waals surface area contributed by atoms with Crippen LogP contribution in [0.25, 0.3) is 0 Å². The third kappa shape index (κ3) is 3.15. The molecule has 1 aliphatic rings. The van der Waals surface area contributed by atoms with Crippen LogP contribution in [0.5, 0.6) is 0 Å². The van der Waals surface area contributed by atoms with E-state index in [0.717, 1.165) is 12.1 Å². The molecule has 1 saturated heterocycles. The largest absolute Gasteiger partial charge is 0.326 e. The molecule has 0 aliphatic carbocycles. The van der Waals surface area contributed by atoms with E-state index in [1.165, 1.54) is 18.9 Å². The van der Waals surface area contributed by atoms with Gasteiger partial charge in [0.25, 0.3) is 0 Å². The van der Waals surface area contributed by atoms with Crippen LogP contribution in [0.15, 0.2) is 24.3 Å². The molecule has 1 aromatic carbocycles. The maximum atomic E-state index is 14.1. The zero-order valence-corrected chi connectivity index (χ0v) is 12.1. The Morgan fingerprint density at radius 1 is 1.26 bits per heavy atom. The van der Waals surface area contributed by atoms with Crippen LogP contribution in [0.2, 0.25) is 0 Å². The van der Waals surface area contributed by atoms with Crippen molar-refractivity contribution in [2.75, 3.05) is 6.54 Å². The van der Waals surface area contributed by atoms with Gasteiger partial charge in [-0.15, -0.1) is 0 Å². The van der Waals surface area contributed by atoms with Crippen LogP contribution < -0.4 is 5.73 Å². The molecule has 4 unspecified atom stereocenters. The standard InChI is InChI=1S/C16H25FN2/c1-11-8-9-12(2)19(10-11)16(13(3)18)14-6-4-5-7-15(14)17/h4-7,11-13,16H,8-10,18H2,1-3H3. The minimum absolute atomic E-state index is 0.0288. The van der Waals surface area contributed by atoms with Crippen LogP contribution >= 0.6 is 0 Å². The number of nitrogens with zero attached hydrogens (tertiary/aromatic N) is 1. The highest BCUT2D eigenvalue weighted by Gasteiger charge is 2.33. The van der Waals surface area contributed by atoms with Crippen molar-refractivity contribution in [3.05, 3.63) is 35.6 Å². The molecule has 1 fully saturated rings. The number of nitrogens with two attached hydrogens (primary N) is 1. The van der Waals surface area contributed by atoms with Gasteiger partial charge in [-0.05, 0) is 38.7 Å². The molecular formula is C16H25FN2. The molecule has 1 heterocycles. The van der Waals surface area contributed by atoms with Gasteiger partial charge in [0.05, 0.1) is 6.04 Å². The van der Waals surface area contributed by atoms with E-state index in [1.807, 2.05) is 19.1 Å². The predicted octanol–water partition coefficient (Wildman–Crippen LogP) is 3.33. The minimum Gasteiger partial charge on any atom is -0.326 e. The molecule has 106 valence electrons. The number of rotatable bonds is 3. The van der Waals surface area contributed by atoms with Gasteiger partial charge in [0.1, 0.15) is 5.82 Å². The zero-order chi connectivity index (χ0) is 14.0. The van der Waals surface area contributed by atoms with Gasteiger partial charge in [-0.2, -0.15) is 0 Å². The summed E-state index contributed by atoms with van der Waals surface area (Å²) in [5.74, 6) is 0.513. The van der Waals surface area contributed by atoms with E-state index in [2.05, 4.69) is 18.7 Å². The molecule has 2 N–H and O–H groups in total. The van der Waals surface area contributed by atoms with E-state index in [-0.39, 0.29) is 17.9 Å². The molecule has 1 aliphatic heterocycles. The van der Waals surface area contributed by atoms with Crippen molar-refractivity contribution in [1.82, 2.24) is 4.90 Å². The molecule has 0 amide bonds. The summed E-state index contributed by atoms with van der Waals surface area (Å²) in [6, 6.07) is 7.39. The second-order valence-electron chi connectivity index (χ2n) is 6.05. The highest BCUT2D eigenvalue weighted by atomic mass is 19.1. The Balaban J connectivity index is 2.32. The van der Waals surface area contributed by atoms with Crippen molar-refractivity contribution in [3.8, 4) is 0 Å². The van der Waals surface area contributed by atoms with E-state index in [9.17, 15) is 4.39 Å². The molecule has 4 atom stereocenters. The fraction of sp³-hybridized carbons (Fsp3) is 0.625. The van der Waals surface area contributed by atoms with Crippen LogP contribution in [0.4, 0.5) is 4.39 Å². The van der Waals surface area contributed by atoms with Crippen molar-refractivity contribution < 1.29 is 4.39 Å². The first kappa shape index (κ1) is 14.5. The Morgan fingerprint density at radius 2 is 1.95 bits per heavy atom. The van der Waals surface area contributed by atoms with Crippen LogP contribution in [0.3, 0.4) is 0 Å². The van der Waals surface area contributed by atoms with Gasteiger partial charge < -0.3 is 5.73 Å². The van der Waals surface area contributed by atoms with Crippen molar-refractivity contribution >= 4 is 0 Å². The van der Waals surface area contributed by atoms with E-state index in [0.29, 0.717) is 12.0 Å². The third-order valence-corrected chi connectivity index (χ3v) is 4.25. The van der Waals surface area contributed by atoms with Crippen molar-refractivity contribution in [3.63, 3.8) is 0 Å². The van der Waals surface area contributed by atoms with Gasteiger partial charge in [0.15, 0.2) is 0 Å². The lowest BCUT2D eigenvalue weighted by Crippen LogP contribution is -2.48. The summed E-state index contributed by atoms with van der Waals surface area (Å²) in [6.45, 7) is 7.46. The zero-order valence-electron chi connectivity index (χ0n) is 12.1. The Morgan fingerprint density at radius 3 is 2.58 bits per heavy atom. The summed E-state index contributed by atoms with van der Waals surface area (Å²) in [4.78, 5) is 2.39. The van der Waals surface area contributed by atoms with E-state index in [1.54, 1.807) is 6.07 Å². The van der Waals surface area contributed by atoms with Crippen LogP contribution in [0, 0.1) is 11.7 Å². The second kappa shape index (κ2) is 6.02. The molecule has 19 heavy (non-hydrogen) atoms. The van der Waals surface area contributed by atoms with Crippen molar-refractivity contribution in [1.29, 1.82) is 0 Å². The summed E-state index contributed by atoms with van der Waals surface area (Å²) < 4.78 is 14.1. The molecule has 0 bridgehead atoms. The van der Waals surface area contributed by atoms with Crippen LogP contribution in [-0.2, 0) is 0 Å². The van der Waals surface area contributed by atoms with E-state index < -0.39 is 0 Å². The van der Waals surface area contributed by atoms with E-state index >= 15 is 0 Å². The quantitative estimate of drug-likeness (QED) is 0.907. The molecule has 0 spiro atoms. The molecule has 0 radical (unpaired) electrons. The highest BCUT2D eigenvalue weighted by molar-refractivity contribution is 5.23. The highest BCUT2D eigenvalue weighted by Crippen LogP contribution is 2.33. The molecule has 1 aromatic rings. The number of hydrogen-bond acceptors (Lipinski definition) is 2. The lowest BCUT2D eigenvalue weighted by atomic mass is 9.89. The minimum atomic E-state index is -0.143. The average Bonchev–Trinajstić information content (AvgIpc) is 2.36. The first-order chi connectivity index (χ1) is 9.00. The van der Waals surface area contributed by atoms with Gasteiger partial charge in [0.2, 0.25) is 0 Å². The van der Waals surface area contributed by atoms with Crippen LogP contribution in [0.1, 0.15) is 45.2 Å². The summed E-state index contributed by atoms with van der Waals surface area (Å²) in [5.41, 5.74) is 6.90. The topological polar surface area (TPSA) is 29.3 Å². The Bertz CT molecular complexity index is 419. The summed E-state index contributed by atoms with van der Waals surface area (Å²) in [7, 11) is 0. The smallest absolute Gasteiger partial charge is 0.128 e. The lowest BCUT2D eigenvalue weighted by molar-refractivity contribution is 0.0643. The van der Waals surface area contributed by atoms with Crippen LogP contribution in [-0.4, -0.2) is 23.5 Å². The summed E-state index contributed by atoms with van der Waals surface area (Å²) in [5, 5.41) is 0. The van der Waals surface area contributed by atoms with E-state index in [4.69, 9.17) is 5.73 Å². The first-order valence-corrected chi connectivity index (χ1v) is 7.26. The van der Waals surface area contributed by atoms with Gasteiger partial charge in [0, 0.05) is 24.2 Å². The molecular weight excluding hydrogens is 239 g/mol. The Labute approximate surface area is 115 Å². The van der Waals surface area contributed by atoms with Gasteiger partial charge in [-0.25, -0.2) is 4.39 Å². The SMILES string of the molecule is CC1CCC(C)N(C(c2ccccc2F)C(C)N)C1. The van der Waals surface area contributed by atoms with Gasteiger partial charge in [-0.1, -0.05) is 25.1 Å². The number of hydrogen-bond donors (Lipinski definition) is 1. The first-order valence-electron chi connectivity index (χ1n) is 7.26. The number of likely N-dealkylation sites (tertiary alicyclic amines) is 1. The molecule has 2 nitrogen and oxygen atoms in total. The lowest BCUT2D eigenvalue weighted by Gasteiger charge is -2.44. The average molecular weight is 264 g/mol. The molecule has 2 rings (SSSR count). The Hall–Kier alpha value is -0.930. The maximum Gasteiger partial charge on any atom is 0.128 e. The fourth-order valence-corrected chi connectivity index (χ4v) is 3.19. The number of benzene rings is 1. The number of piperidine rings is 1. The normalized spacial score (nSPS) is 28.1. The van der Waals surface area contributed by atoms with Crippen molar-refractivity contribution in [2.24, 2.45) is 11.7 Å². The maximum absolute atomic E-state index is 14.1. The predicted molar refractivity (Wildman–Crippen MR) is 77.4 cm³/mol. The summed E-state index contributed by atoms with van der Waals surface area (Å²) >= 11 is 0. The second-order valence-corrected chi connectivity index (χ2v) is 6.05. The molecule has 3 heteroatoms. The van der Waals surface area contributed by atoms with Gasteiger partial charge in [-0.3, -0.25) is 4.90 Å². The monoisotopic (exact) mass is 264 g/mol. The summed E-state index contributed by atoms with van der Waals surface area (Å²) in [6.07, 6.45) is 2.42. The fourth-order valence-electron chi connectivity index (χ4n) is 3.19. The van der Waals surface area contributed by atoms with Gasteiger partial charge >= 0.3 is 0 Å². The third-order valence-electron chi connectivity index (χ3n) is 4.25. The Kier molecular flexibility index (Phi) is 4.58. The molecule has 0 saturated carbocycles. The number of halogens is 1. The van der Waals surface area contributed by atoms with Crippen molar-refractivity contribution in [2.45, 2.75) is 51.7 Å².